The summed E-state index contributed by atoms with van der Waals surface area (Å²) < 4.78 is 1.66. The Balaban J connectivity index is 1.57. The van der Waals surface area contributed by atoms with Gasteiger partial charge in [-0.1, -0.05) is 48.2 Å². The zero-order chi connectivity index (χ0) is 20.2. The van der Waals surface area contributed by atoms with Crippen LogP contribution < -0.4 is 4.90 Å². The highest BCUT2D eigenvalue weighted by molar-refractivity contribution is 7.99. The molecule has 1 amide bonds. The SMILES string of the molecule is Cc1csc(N(C(=O)CSc2nnnn2-c2ccccc2C)c2ccccc2)n1. The molecule has 0 N–H and O–H groups in total. The van der Waals surface area contributed by atoms with E-state index in [0.717, 1.165) is 22.6 Å². The highest BCUT2D eigenvalue weighted by Crippen LogP contribution is 2.30. The van der Waals surface area contributed by atoms with Crippen LogP contribution >= 0.6 is 23.1 Å². The molecule has 0 fully saturated rings. The minimum absolute atomic E-state index is 0.0881. The van der Waals surface area contributed by atoms with Gasteiger partial charge in [-0.15, -0.1) is 16.4 Å². The first-order chi connectivity index (χ1) is 14.1. The third-order valence-corrected chi connectivity index (χ3v) is 6.02. The van der Waals surface area contributed by atoms with E-state index in [0.29, 0.717) is 10.3 Å². The van der Waals surface area contributed by atoms with Gasteiger partial charge in [0.15, 0.2) is 5.13 Å². The van der Waals surface area contributed by atoms with Crippen molar-refractivity contribution in [1.82, 2.24) is 25.2 Å². The molecule has 0 aliphatic heterocycles. The summed E-state index contributed by atoms with van der Waals surface area (Å²) in [4.78, 5) is 19.3. The molecule has 4 rings (SSSR count). The van der Waals surface area contributed by atoms with Crippen molar-refractivity contribution in [2.24, 2.45) is 0 Å². The van der Waals surface area contributed by atoms with E-state index in [1.165, 1.54) is 23.1 Å². The fourth-order valence-corrected chi connectivity index (χ4v) is 4.37. The molecular weight excluding hydrogens is 404 g/mol. The lowest BCUT2D eigenvalue weighted by Gasteiger charge is -2.19. The maximum Gasteiger partial charge on any atom is 0.243 e. The number of tetrazole rings is 1. The Morgan fingerprint density at radius 2 is 1.86 bits per heavy atom. The van der Waals surface area contributed by atoms with Crippen LogP contribution in [0.1, 0.15) is 11.3 Å². The van der Waals surface area contributed by atoms with Crippen LogP contribution in [0, 0.1) is 13.8 Å². The molecule has 146 valence electrons. The Morgan fingerprint density at radius 1 is 1.10 bits per heavy atom. The van der Waals surface area contributed by atoms with Crippen LogP contribution in [0.4, 0.5) is 10.8 Å². The molecular formula is C20H18N6OS2. The molecule has 0 bridgehead atoms. The number of aryl methyl sites for hydroxylation is 2. The van der Waals surface area contributed by atoms with Crippen LogP contribution in [0.25, 0.3) is 5.69 Å². The second-order valence-electron chi connectivity index (χ2n) is 6.28. The molecule has 0 atom stereocenters. The van der Waals surface area contributed by atoms with Gasteiger partial charge in [0, 0.05) is 5.38 Å². The van der Waals surface area contributed by atoms with Gasteiger partial charge >= 0.3 is 0 Å². The van der Waals surface area contributed by atoms with Crippen molar-refractivity contribution in [3.63, 3.8) is 0 Å². The summed E-state index contributed by atoms with van der Waals surface area (Å²) >= 11 is 2.75. The summed E-state index contributed by atoms with van der Waals surface area (Å²) in [6.07, 6.45) is 0. The van der Waals surface area contributed by atoms with Crippen LogP contribution in [0.5, 0.6) is 0 Å². The van der Waals surface area contributed by atoms with Gasteiger partial charge in [-0.2, -0.15) is 4.68 Å². The minimum atomic E-state index is -0.0881. The van der Waals surface area contributed by atoms with E-state index >= 15 is 0 Å². The Bertz CT molecular complexity index is 1120. The van der Waals surface area contributed by atoms with Gasteiger partial charge in [0.05, 0.1) is 22.8 Å². The number of amides is 1. The Kier molecular flexibility index (Phi) is 5.68. The third kappa shape index (κ3) is 4.20. The average molecular weight is 423 g/mol. The molecule has 0 saturated carbocycles. The highest BCUT2D eigenvalue weighted by Gasteiger charge is 2.22. The second kappa shape index (κ2) is 8.54. The molecule has 0 radical (unpaired) electrons. The van der Waals surface area contributed by atoms with Gasteiger partial charge in [-0.25, -0.2) is 4.98 Å². The number of benzene rings is 2. The quantitative estimate of drug-likeness (QED) is 0.434. The summed E-state index contributed by atoms with van der Waals surface area (Å²) in [6, 6.07) is 17.4. The van der Waals surface area contributed by atoms with E-state index in [1.54, 1.807) is 9.58 Å². The lowest BCUT2D eigenvalue weighted by atomic mass is 10.2. The number of thioether (sulfide) groups is 1. The number of thiazole rings is 1. The molecule has 0 aliphatic carbocycles. The zero-order valence-corrected chi connectivity index (χ0v) is 17.5. The summed E-state index contributed by atoms with van der Waals surface area (Å²) in [5, 5.41) is 15.1. The monoisotopic (exact) mass is 422 g/mol. The van der Waals surface area contributed by atoms with Crippen molar-refractivity contribution >= 4 is 39.8 Å². The van der Waals surface area contributed by atoms with Crippen molar-refractivity contribution in [3.8, 4) is 5.69 Å². The molecule has 2 aromatic heterocycles. The van der Waals surface area contributed by atoms with Crippen LogP contribution in [0.3, 0.4) is 0 Å². The molecule has 29 heavy (non-hydrogen) atoms. The van der Waals surface area contributed by atoms with E-state index in [1.807, 2.05) is 73.8 Å². The van der Waals surface area contributed by atoms with Crippen LogP contribution in [0.2, 0.25) is 0 Å². The first-order valence-corrected chi connectivity index (χ1v) is 10.8. The van der Waals surface area contributed by atoms with Crippen LogP contribution in [-0.2, 0) is 4.79 Å². The lowest BCUT2D eigenvalue weighted by molar-refractivity contribution is -0.115. The number of hydrogen-bond donors (Lipinski definition) is 0. The van der Waals surface area contributed by atoms with Gasteiger partial charge < -0.3 is 0 Å². The molecule has 2 heterocycles. The largest absolute Gasteiger partial charge is 0.273 e. The number of carbonyl (C=O) groups is 1. The summed E-state index contributed by atoms with van der Waals surface area (Å²) in [5.74, 6) is 0.0923. The molecule has 7 nitrogen and oxygen atoms in total. The normalized spacial score (nSPS) is 10.8. The van der Waals surface area contributed by atoms with E-state index in [4.69, 9.17) is 0 Å². The number of para-hydroxylation sites is 2. The van der Waals surface area contributed by atoms with E-state index in [-0.39, 0.29) is 11.7 Å². The van der Waals surface area contributed by atoms with Crippen LogP contribution in [-0.4, -0.2) is 36.9 Å². The Morgan fingerprint density at radius 3 is 2.59 bits per heavy atom. The first kappa shape index (κ1) is 19.3. The standard InChI is InChI=1S/C20H18N6OS2/c1-14-8-6-7-11-17(14)26-20(22-23-24-26)29-13-18(27)25(16-9-4-3-5-10-16)19-21-15(2)12-28-19/h3-12H,13H2,1-2H3. The fraction of sp³-hybridized carbons (Fsp3) is 0.150. The fourth-order valence-electron chi connectivity index (χ4n) is 2.79. The van der Waals surface area contributed by atoms with Gasteiger partial charge in [0.2, 0.25) is 11.1 Å². The zero-order valence-electron chi connectivity index (χ0n) is 15.9. The van der Waals surface area contributed by atoms with E-state index in [2.05, 4.69) is 20.5 Å². The van der Waals surface area contributed by atoms with Crippen molar-refractivity contribution in [2.45, 2.75) is 19.0 Å². The average Bonchev–Trinajstić information content (AvgIpc) is 3.37. The van der Waals surface area contributed by atoms with Gasteiger partial charge in [0.1, 0.15) is 0 Å². The smallest absolute Gasteiger partial charge is 0.243 e. The van der Waals surface area contributed by atoms with E-state index in [9.17, 15) is 4.79 Å². The van der Waals surface area contributed by atoms with Crippen molar-refractivity contribution < 1.29 is 4.79 Å². The predicted molar refractivity (Wildman–Crippen MR) is 115 cm³/mol. The van der Waals surface area contributed by atoms with Crippen LogP contribution in [0.15, 0.2) is 65.1 Å². The topological polar surface area (TPSA) is 76.8 Å². The molecule has 9 heteroatoms. The summed E-state index contributed by atoms with van der Waals surface area (Å²) in [6.45, 7) is 3.91. The second-order valence-corrected chi connectivity index (χ2v) is 8.06. The minimum Gasteiger partial charge on any atom is -0.273 e. The lowest BCUT2D eigenvalue weighted by Crippen LogP contribution is -2.27. The molecule has 0 saturated heterocycles. The number of rotatable bonds is 6. The predicted octanol–water partition coefficient (Wildman–Crippen LogP) is 4.19. The molecule has 0 aliphatic rings. The number of carbonyl (C=O) groups excluding carboxylic acids is 1. The maximum absolute atomic E-state index is 13.2. The Hall–Kier alpha value is -3.04. The molecule has 4 aromatic rings. The molecule has 2 aromatic carbocycles. The number of hydrogen-bond acceptors (Lipinski definition) is 7. The molecule has 0 spiro atoms. The molecule has 0 unspecified atom stereocenters. The van der Waals surface area contributed by atoms with Crippen molar-refractivity contribution in [3.05, 3.63) is 71.2 Å². The number of nitrogens with zero attached hydrogens (tertiary/aromatic N) is 6. The van der Waals surface area contributed by atoms with E-state index < -0.39 is 0 Å². The summed E-state index contributed by atoms with van der Waals surface area (Å²) in [5.41, 5.74) is 3.61. The first-order valence-electron chi connectivity index (χ1n) is 8.91. The van der Waals surface area contributed by atoms with Crippen molar-refractivity contribution in [1.29, 1.82) is 0 Å². The van der Waals surface area contributed by atoms with Gasteiger partial charge in [0.25, 0.3) is 0 Å². The van der Waals surface area contributed by atoms with Gasteiger partial charge in [-0.3, -0.25) is 9.69 Å². The van der Waals surface area contributed by atoms with Crippen molar-refractivity contribution in [2.75, 3.05) is 10.7 Å². The Labute approximate surface area is 176 Å². The van der Waals surface area contributed by atoms with Gasteiger partial charge in [-0.05, 0) is 48.0 Å². The highest BCUT2D eigenvalue weighted by atomic mass is 32.2. The maximum atomic E-state index is 13.2. The number of aromatic nitrogens is 5. The third-order valence-electron chi connectivity index (χ3n) is 4.17. The number of anilines is 2. The summed E-state index contributed by atoms with van der Waals surface area (Å²) in [7, 11) is 0.